The minimum Gasteiger partial charge on any atom is -0.444 e. The van der Waals surface area contributed by atoms with Crippen LogP contribution in [0.4, 0.5) is 4.79 Å². The molecule has 0 bridgehead atoms. The number of nitrogens with zero attached hydrogens (tertiary/aromatic N) is 1. The Morgan fingerprint density at radius 2 is 2.05 bits per heavy atom. The Labute approximate surface area is 128 Å². The first kappa shape index (κ1) is 15.3. The van der Waals surface area contributed by atoms with Gasteiger partial charge in [0.25, 0.3) is 0 Å². The second kappa shape index (κ2) is 5.74. The van der Waals surface area contributed by atoms with Crippen molar-refractivity contribution in [2.45, 2.75) is 44.9 Å². The number of rotatable bonds is 1. The van der Waals surface area contributed by atoms with E-state index in [1.54, 1.807) is 4.90 Å². The maximum Gasteiger partial charge on any atom is 0.410 e. The van der Waals surface area contributed by atoms with E-state index in [1.165, 1.54) is 0 Å². The number of nitrogens with two attached hydrogens (primary N) is 1. The van der Waals surface area contributed by atoms with Gasteiger partial charge in [-0.15, -0.1) is 0 Å². The maximum absolute atomic E-state index is 12.3. The van der Waals surface area contributed by atoms with Crippen molar-refractivity contribution in [3.63, 3.8) is 0 Å². The van der Waals surface area contributed by atoms with Crippen LogP contribution in [0.3, 0.4) is 0 Å². The average Bonchev–Trinajstić information content (AvgIpc) is 2.70. The average molecular weight is 341 g/mol. The molecule has 110 valence electrons. The second-order valence-electron chi connectivity index (χ2n) is 6.09. The Morgan fingerprint density at radius 1 is 1.40 bits per heavy atom. The molecule has 2 atom stereocenters. The van der Waals surface area contributed by atoms with Gasteiger partial charge in [0.1, 0.15) is 5.60 Å². The van der Waals surface area contributed by atoms with E-state index < -0.39 is 5.60 Å². The number of halogens is 1. The van der Waals surface area contributed by atoms with Gasteiger partial charge in [-0.05, 0) is 38.8 Å². The number of ether oxygens (including phenoxy) is 1. The maximum atomic E-state index is 12.3. The molecule has 1 fully saturated rings. The molecule has 0 radical (unpaired) electrons. The van der Waals surface area contributed by atoms with Gasteiger partial charge in [0.15, 0.2) is 0 Å². The van der Waals surface area contributed by atoms with Crippen LogP contribution in [0.25, 0.3) is 0 Å². The molecule has 1 heterocycles. The number of carbonyl (C=O) groups excluding carboxylic acids is 1. The molecule has 0 saturated carbocycles. The lowest BCUT2D eigenvalue weighted by molar-refractivity contribution is 0.0218. The third-order valence-corrected chi connectivity index (χ3v) is 4.02. The van der Waals surface area contributed by atoms with Crippen LogP contribution in [0.2, 0.25) is 0 Å². The predicted octanol–water partition coefficient (Wildman–Crippen LogP) is 3.46. The largest absolute Gasteiger partial charge is 0.444 e. The molecule has 1 saturated heterocycles. The SMILES string of the molecule is CC(C)(C)OC(=O)N1CC[C@H](N)[C@@H]1c1ccccc1Br. The first-order chi connectivity index (χ1) is 9.29. The molecule has 1 aliphatic heterocycles. The number of hydrogen-bond acceptors (Lipinski definition) is 3. The summed E-state index contributed by atoms with van der Waals surface area (Å²) in [5.74, 6) is 0. The molecule has 4 nitrogen and oxygen atoms in total. The highest BCUT2D eigenvalue weighted by molar-refractivity contribution is 9.10. The first-order valence-electron chi connectivity index (χ1n) is 6.79. The molecule has 1 amide bonds. The Hall–Kier alpha value is -1.07. The second-order valence-corrected chi connectivity index (χ2v) is 6.95. The monoisotopic (exact) mass is 340 g/mol. The molecule has 1 aliphatic rings. The van der Waals surface area contributed by atoms with Crippen molar-refractivity contribution in [1.29, 1.82) is 0 Å². The molecule has 1 aromatic carbocycles. The van der Waals surface area contributed by atoms with E-state index in [9.17, 15) is 4.79 Å². The van der Waals surface area contributed by atoms with Gasteiger partial charge in [0, 0.05) is 17.1 Å². The van der Waals surface area contributed by atoms with Crippen LogP contribution in [-0.2, 0) is 4.74 Å². The highest BCUT2D eigenvalue weighted by atomic mass is 79.9. The van der Waals surface area contributed by atoms with Gasteiger partial charge in [-0.3, -0.25) is 4.90 Å². The van der Waals surface area contributed by atoms with Gasteiger partial charge in [0.2, 0.25) is 0 Å². The van der Waals surface area contributed by atoms with Crippen LogP contribution in [0, 0.1) is 0 Å². The number of amides is 1. The quantitative estimate of drug-likeness (QED) is 0.851. The Morgan fingerprint density at radius 3 is 2.65 bits per heavy atom. The summed E-state index contributed by atoms with van der Waals surface area (Å²) in [6.07, 6.45) is 0.483. The fraction of sp³-hybridized carbons (Fsp3) is 0.533. The van der Waals surface area contributed by atoms with Gasteiger partial charge in [-0.2, -0.15) is 0 Å². The van der Waals surface area contributed by atoms with Crippen LogP contribution >= 0.6 is 15.9 Å². The van der Waals surface area contributed by atoms with E-state index in [0.29, 0.717) is 6.54 Å². The highest BCUT2D eigenvalue weighted by Gasteiger charge is 2.38. The molecule has 0 aliphatic carbocycles. The summed E-state index contributed by atoms with van der Waals surface area (Å²) in [4.78, 5) is 14.1. The van der Waals surface area contributed by atoms with Crippen LogP contribution in [0.1, 0.15) is 38.8 Å². The zero-order chi connectivity index (χ0) is 14.9. The summed E-state index contributed by atoms with van der Waals surface area (Å²) in [5.41, 5.74) is 6.73. The smallest absolute Gasteiger partial charge is 0.410 e. The Balaban J connectivity index is 2.26. The molecular weight excluding hydrogens is 320 g/mol. The van der Waals surface area contributed by atoms with E-state index in [4.69, 9.17) is 10.5 Å². The molecular formula is C15H21BrN2O2. The Kier molecular flexibility index (Phi) is 4.39. The van der Waals surface area contributed by atoms with Crippen LogP contribution in [0.5, 0.6) is 0 Å². The lowest BCUT2D eigenvalue weighted by atomic mass is 10.0. The topological polar surface area (TPSA) is 55.6 Å². The fourth-order valence-corrected chi connectivity index (χ4v) is 2.97. The summed E-state index contributed by atoms with van der Waals surface area (Å²) >= 11 is 3.54. The van der Waals surface area contributed by atoms with Crippen molar-refractivity contribution >= 4 is 22.0 Å². The summed E-state index contributed by atoms with van der Waals surface area (Å²) in [6, 6.07) is 7.66. The van der Waals surface area contributed by atoms with Crippen LogP contribution in [-0.4, -0.2) is 29.2 Å². The van der Waals surface area contributed by atoms with E-state index in [-0.39, 0.29) is 18.2 Å². The van der Waals surface area contributed by atoms with E-state index >= 15 is 0 Å². The van der Waals surface area contributed by atoms with Gasteiger partial charge in [-0.1, -0.05) is 34.1 Å². The lowest BCUT2D eigenvalue weighted by Gasteiger charge is -2.30. The molecule has 20 heavy (non-hydrogen) atoms. The van der Waals surface area contributed by atoms with Crippen LogP contribution < -0.4 is 5.73 Å². The van der Waals surface area contributed by atoms with Crippen molar-refractivity contribution in [3.05, 3.63) is 34.3 Å². The molecule has 1 aromatic rings. The minimum absolute atomic E-state index is 0.0683. The lowest BCUT2D eigenvalue weighted by Crippen LogP contribution is -2.39. The molecule has 0 unspecified atom stereocenters. The number of hydrogen-bond donors (Lipinski definition) is 1. The summed E-state index contributed by atoms with van der Waals surface area (Å²) in [6.45, 7) is 6.24. The van der Waals surface area contributed by atoms with Crippen molar-refractivity contribution in [1.82, 2.24) is 4.90 Å². The highest BCUT2D eigenvalue weighted by Crippen LogP contribution is 2.36. The number of carbonyl (C=O) groups is 1. The summed E-state index contributed by atoms with van der Waals surface area (Å²) in [7, 11) is 0. The molecule has 5 heteroatoms. The Bertz CT molecular complexity index is 499. The van der Waals surface area contributed by atoms with Gasteiger partial charge in [-0.25, -0.2) is 4.79 Å². The summed E-state index contributed by atoms with van der Waals surface area (Å²) < 4.78 is 6.45. The van der Waals surface area contributed by atoms with Crippen LogP contribution in [0.15, 0.2) is 28.7 Å². The normalized spacial score (nSPS) is 22.9. The minimum atomic E-state index is -0.498. The van der Waals surface area contributed by atoms with Crippen molar-refractivity contribution in [3.8, 4) is 0 Å². The zero-order valence-electron chi connectivity index (χ0n) is 12.1. The van der Waals surface area contributed by atoms with Gasteiger partial charge < -0.3 is 10.5 Å². The predicted molar refractivity (Wildman–Crippen MR) is 82.4 cm³/mol. The van der Waals surface area contributed by atoms with Crippen molar-refractivity contribution < 1.29 is 9.53 Å². The van der Waals surface area contributed by atoms with Gasteiger partial charge in [0.05, 0.1) is 6.04 Å². The molecule has 0 aromatic heterocycles. The van der Waals surface area contributed by atoms with Crippen molar-refractivity contribution in [2.75, 3.05) is 6.54 Å². The number of likely N-dealkylation sites (tertiary alicyclic amines) is 1. The number of benzene rings is 1. The standard InChI is InChI=1S/C15H21BrN2O2/c1-15(2,3)20-14(19)18-9-8-12(17)13(18)10-6-4-5-7-11(10)16/h4-7,12-13H,8-9,17H2,1-3H3/t12-,13-/m0/s1. The van der Waals surface area contributed by atoms with Crippen molar-refractivity contribution in [2.24, 2.45) is 5.73 Å². The van der Waals surface area contributed by atoms with E-state index in [1.807, 2.05) is 45.0 Å². The van der Waals surface area contributed by atoms with Gasteiger partial charge >= 0.3 is 6.09 Å². The summed E-state index contributed by atoms with van der Waals surface area (Å²) in [5, 5.41) is 0. The third-order valence-electron chi connectivity index (χ3n) is 3.30. The fourth-order valence-electron chi connectivity index (χ4n) is 2.46. The third kappa shape index (κ3) is 3.33. The molecule has 0 spiro atoms. The van der Waals surface area contributed by atoms with E-state index in [0.717, 1.165) is 16.5 Å². The molecule has 2 rings (SSSR count). The van der Waals surface area contributed by atoms with E-state index in [2.05, 4.69) is 15.9 Å². The zero-order valence-corrected chi connectivity index (χ0v) is 13.7. The molecule has 2 N–H and O–H groups in total. The first-order valence-corrected chi connectivity index (χ1v) is 7.58.